The summed E-state index contributed by atoms with van der Waals surface area (Å²) in [7, 11) is 5.78. The monoisotopic (exact) mass is 407 g/mol. The minimum absolute atomic E-state index is 0.104. The molecule has 0 aliphatic rings. The molecule has 1 aromatic carbocycles. The second-order valence-corrected chi connectivity index (χ2v) is 7.49. The van der Waals surface area contributed by atoms with Crippen LogP contribution in [0.2, 0.25) is 0 Å². The van der Waals surface area contributed by atoms with Gasteiger partial charge in [-0.1, -0.05) is 12.1 Å². The van der Waals surface area contributed by atoms with Gasteiger partial charge in [0.05, 0.1) is 17.3 Å². The number of nitrogens with zero attached hydrogens (tertiary/aromatic N) is 7. The first-order chi connectivity index (χ1) is 14.4. The van der Waals surface area contributed by atoms with E-state index in [1.165, 1.54) is 0 Å². The SMILES string of the molecule is C[C@@H](Nc1nc2ccccc2c2nc(-c3cnn(C)c3)nn12)C(=O)NCCN(C)C. The molecule has 0 saturated heterocycles. The van der Waals surface area contributed by atoms with Crippen LogP contribution < -0.4 is 10.6 Å². The second kappa shape index (κ2) is 8.07. The molecule has 0 fully saturated rings. The Bertz CT molecular complexity index is 1190. The number of amides is 1. The molecule has 0 bridgehead atoms. The number of hydrogen-bond acceptors (Lipinski definition) is 7. The lowest BCUT2D eigenvalue weighted by atomic mass is 10.2. The molecule has 0 aliphatic heterocycles. The molecule has 0 spiro atoms. The van der Waals surface area contributed by atoms with Crippen molar-refractivity contribution < 1.29 is 4.79 Å². The van der Waals surface area contributed by atoms with Gasteiger partial charge >= 0.3 is 0 Å². The number of carbonyl (C=O) groups is 1. The van der Waals surface area contributed by atoms with E-state index in [0.717, 1.165) is 23.0 Å². The summed E-state index contributed by atoms with van der Waals surface area (Å²) in [4.78, 5) is 23.9. The van der Waals surface area contributed by atoms with Crippen molar-refractivity contribution >= 4 is 28.4 Å². The summed E-state index contributed by atoms with van der Waals surface area (Å²) in [6.45, 7) is 3.15. The van der Waals surface area contributed by atoms with Gasteiger partial charge in [0.1, 0.15) is 6.04 Å². The molecule has 30 heavy (non-hydrogen) atoms. The number of hydrogen-bond donors (Lipinski definition) is 2. The van der Waals surface area contributed by atoms with Crippen molar-refractivity contribution in [3.05, 3.63) is 36.7 Å². The lowest BCUT2D eigenvalue weighted by Crippen LogP contribution is -2.40. The van der Waals surface area contributed by atoms with Crippen molar-refractivity contribution in [1.29, 1.82) is 0 Å². The van der Waals surface area contributed by atoms with Crippen LogP contribution >= 0.6 is 0 Å². The van der Waals surface area contributed by atoms with E-state index in [4.69, 9.17) is 4.98 Å². The van der Waals surface area contributed by atoms with E-state index < -0.39 is 6.04 Å². The summed E-state index contributed by atoms with van der Waals surface area (Å²) >= 11 is 0. The molecule has 10 nitrogen and oxygen atoms in total. The van der Waals surface area contributed by atoms with E-state index in [0.29, 0.717) is 24.0 Å². The molecule has 0 unspecified atom stereocenters. The van der Waals surface area contributed by atoms with Gasteiger partial charge in [-0.15, -0.1) is 5.10 Å². The van der Waals surface area contributed by atoms with Crippen molar-refractivity contribution in [2.75, 3.05) is 32.5 Å². The Morgan fingerprint density at radius 3 is 2.77 bits per heavy atom. The highest BCUT2D eigenvalue weighted by Crippen LogP contribution is 2.24. The van der Waals surface area contributed by atoms with Crippen LogP contribution in [0.5, 0.6) is 0 Å². The standard InChI is InChI=1S/C20H25N9O/c1-13(19(30)21-9-10-27(2)3)23-20-24-16-8-6-5-7-15(16)18-25-17(26-29(18)20)14-11-22-28(4)12-14/h5-8,11-13H,9-10H2,1-4H3,(H,21,30)(H,23,24)/t13-/m1/s1. The Labute approximate surface area is 173 Å². The van der Waals surface area contributed by atoms with Crippen molar-refractivity contribution in [2.45, 2.75) is 13.0 Å². The smallest absolute Gasteiger partial charge is 0.242 e. The Kier molecular flexibility index (Phi) is 5.32. The number of aromatic nitrogens is 6. The molecular formula is C20H25N9O. The Balaban J connectivity index is 1.69. The lowest BCUT2D eigenvalue weighted by molar-refractivity contribution is -0.121. The van der Waals surface area contributed by atoms with Crippen molar-refractivity contribution in [3.8, 4) is 11.4 Å². The highest BCUT2D eigenvalue weighted by atomic mass is 16.2. The first-order valence-corrected chi connectivity index (χ1v) is 9.76. The highest BCUT2D eigenvalue weighted by Gasteiger charge is 2.19. The van der Waals surface area contributed by atoms with Crippen molar-refractivity contribution in [1.82, 2.24) is 39.6 Å². The molecule has 156 valence electrons. The van der Waals surface area contributed by atoms with E-state index in [1.807, 2.05) is 56.5 Å². The van der Waals surface area contributed by atoms with E-state index in [2.05, 4.69) is 25.8 Å². The average Bonchev–Trinajstić information content (AvgIpc) is 3.34. The van der Waals surface area contributed by atoms with Crippen molar-refractivity contribution in [2.24, 2.45) is 7.05 Å². The number of rotatable bonds is 7. The molecule has 0 aliphatic carbocycles. The van der Waals surface area contributed by atoms with Gasteiger partial charge in [0.2, 0.25) is 11.9 Å². The predicted octanol–water partition coefficient (Wildman–Crippen LogP) is 1.16. The maximum Gasteiger partial charge on any atom is 0.242 e. The van der Waals surface area contributed by atoms with Crippen molar-refractivity contribution in [3.63, 3.8) is 0 Å². The first kappa shape index (κ1) is 19.8. The van der Waals surface area contributed by atoms with Crippen LogP contribution in [0.3, 0.4) is 0 Å². The summed E-state index contributed by atoms with van der Waals surface area (Å²) in [5.74, 6) is 0.904. The van der Waals surface area contributed by atoms with Gasteiger partial charge in [-0.25, -0.2) is 9.97 Å². The topological polar surface area (TPSA) is 105 Å². The zero-order chi connectivity index (χ0) is 21.3. The van der Waals surface area contributed by atoms with Crippen LogP contribution in [-0.4, -0.2) is 73.4 Å². The third-order valence-electron chi connectivity index (χ3n) is 4.74. The Hall–Kier alpha value is -3.53. The molecule has 0 saturated carbocycles. The second-order valence-electron chi connectivity index (χ2n) is 7.49. The molecule has 3 heterocycles. The summed E-state index contributed by atoms with van der Waals surface area (Å²) in [6, 6.07) is 7.25. The largest absolute Gasteiger partial charge is 0.353 e. The third-order valence-corrected chi connectivity index (χ3v) is 4.74. The Morgan fingerprint density at radius 1 is 1.23 bits per heavy atom. The highest BCUT2D eigenvalue weighted by molar-refractivity contribution is 5.93. The summed E-state index contributed by atoms with van der Waals surface area (Å²) in [5, 5.41) is 15.8. The molecule has 1 amide bonds. The lowest BCUT2D eigenvalue weighted by Gasteiger charge is -2.16. The normalized spacial score (nSPS) is 12.6. The summed E-state index contributed by atoms with van der Waals surface area (Å²) in [5.41, 5.74) is 2.26. The van der Waals surface area contributed by atoms with Gasteiger partial charge in [0.15, 0.2) is 11.5 Å². The Morgan fingerprint density at radius 2 is 2.03 bits per heavy atom. The number of fused-ring (bicyclic) bond motifs is 3. The van der Waals surface area contributed by atoms with Crippen LogP contribution in [0.25, 0.3) is 27.9 Å². The van der Waals surface area contributed by atoms with Gasteiger partial charge in [-0.2, -0.15) is 9.61 Å². The van der Waals surface area contributed by atoms with Crippen LogP contribution in [0.15, 0.2) is 36.7 Å². The number of likely N-dealkylation sites (N-methyl/N-ethyl adjacent to an activating group) is 1. The summed E-state index contributed by atoms with van der Waals surface area (Å²) < 4.78 is 3.35. The number of para-hydroxylation sites is 1. The fourth-order valence-corrected chi connectivity index (χ4v) is 3.12. The van der Waals surface area contributed by atoms with Gasteiger partial charge in [-0.3, -0.25) is 9.48 Å². The van der Waals surface area contributed by atoms with Gasteiger partial charge in [0.25, 0.3) is 0 Å². The van der Waals surface area contributed by atoms with Gasteiger partial charge in [0, 0.05) is 31.7 Å². The fraction of sp³-hybridized carbons (Fsp3) is 0.350. The number of anilines is 1. The number of aryl methyl sites for hydroxylation is 1. The van der Waals surface area contributed by atoms with Gasteiger partial charge < -0.3 is 15.5 Å². The zero-order valence-electron chi connectivity index (χ0n) is 17.5. The first-order valence-electron chi connectivity index (χ1n) is 9.76. The molecule has 2 N–H and O–H groups in total. The van der Waals surface area contributed by atoms with E-state index in [-0.39, 0.29) is 5.91 Å². The van der Waals surface area contributed by atoms with E-state index in [9.17, 15) is 4.79 Å². The molecule has 10 heteroatoms. The molecule has 4 aromatic rings. The molecule has 4 rings (SSSR count). The van der Waals surface area contributed by atoms with E-state index >= 15 is 0 Å². The maximum absolute atomic E-state index is 12.5. The molecule has 3 aromatic heterocycles. The molecular weight excluding hydrogens is 382 g/mol. The minimum Gasteiger partial charge on any atom is -0.353 e. The number of carbonyl (C=O) groups excluding carboxylic acids is 1. The third kappa shape index (κ3) is 3.94. The minimum atomic E-state index is -0.491. The average molecular weight is 407 g/mol. The zero-order valence-corrected chi connectivity index (χ0v) is 17.5. The molecule has 1 atom stereocenters. The van der Waals surface area contributed by atoms with Crippen LogP contribution in [0.4, 0.5) is 5.95 Å². The van der Waals surface area contributed by atoms with Crippen LogP contribution in [-0.2, 0) is 11.8 Å². The predicted molar refractivity (Wildman–Crippen MR) is 115 cm³/mol. The fourth-order valence-electron chi connectivity index (χ4n) is 3.12. The van der Waals surface area contributed by atoms with Gasteiger partial charge in [-0.05, 0) is 33.2 Å². The number of benzene rings is 1. The summed E-state index contributed by atoms with van der Waals surface area (Å²) in [6.07, 6.45) is 3.58. The van der Waals surface area contributed by atoms with Crippen LogP contribution in [0.1, 0.15) is 6.92 Å². The molecule has 0 radical (unpaired) electrons. The van der Waals surface area contributed by atoms with Crippen LogP contribution in [0, 0.1) is 0 Å². The quantitative estimate of drug-likeness (QED) is 0.473. The van der Waals surface area contributed by atoms with E-state index in [1.54, 1.807) is 22.3 Å². The maximum atomic E-state index is 12.5. The number of nitrogens with one attached hydrogen (secondary N) is 2.